The van der Waals surface area contributed by atoms with Crippen LogP contribution in [0.5, 0.6) is 0 Å². The monoisotopic (exact) mass is 180 g/mol. The van der Waals surface area contributed by atoms with E-state index in [0.29, 0.717) is 0 Å². The van der Waals surface area contributed by atoms with Crippen LogP contribution in [-0.2, 0) is 0 Å². The molecule has 0 aliphatic rings. The molecule has 0 aromatic rings. The Morgan fingerprint density at radius 1 is 1.57 bits per heavy atom. The summed E-state index contributed by atoms with van der Waals surface area (Å²) in [6.07, 6.45) is 1.36. The average molecular weight is 181 g/mol. The predicted molar refractivity (Wildman–Crippen MR) is 43.1 cm³/mol. The van der Waals surface area contributed by atoms with Crippen molar-refractivity contribution in [2.75, 3.05) is 0 Å². The average Bonchev–Trinajstić information content (AvgIpc) is 1.65. The van der Waals surface area contributed by atoms with Gasteiger partial charge in [0.05, 0.1) is 0 Å². The van der Waals surface area contributed by atoms with E-state index in [0.717, 1.165) is 5.92 Å². The van der Waals surface area contributed by atoms with Crippen molar-refractivity contribution in [1.29, 1.82) is 0 Å². The van der Waals surface area contributed by atoms with E-state index in [2.05, 4.69) is 13.8 Å². The van der Waals surface area contributed by atoms with Crippen molar-refractivity contribution < 1.29 is 0 Å². The first kappa shape index (κ1) is 10.9. The fourth-order valence-corrected chi connectivity index (χ4v) is 0.866. The third kappa shape index (κ3) is 7.01. The Bertz CT molecular complexity index is 27.3. The largest absolute Gasteiger partial charge is 0.212 e. The van der Waals surface area contributed by atoms with Crippen LogP contribution in [0.4, 0.5) is 0 Å². The molecule has 0 amide bonds. The van der Waals surface area contributed by atoms with Gasteiger partial charge in [0.25, 0.3) is 0 Å². The van der Waals surface area contributed by atoms with Crippen LogP contribution in [-0.4, -0.2) is 16.3 Å². The van der Waals surface area contributed by atoms with E-state index in [1.165, 1.54) is 28.0 Å². The molecule has 44 valence electrons. The maximum atomic E-state index is 2.31. The lowest BCUT2D eigenvalue weighted by Gasteiger charge is -1.98. The second-order valence-corrected chi connectivity index (χ2v) is 2.74. The number of halogens is 1. The summed E-state index contributed by atoms with van der Waals surface area (Å²) >= 11 is 1.38. The van der Waals surface area contributed by atoms with Crippen LogP contribution in [0.15, 0.2) is 0 Å². The molecule has 0 radical (unpaired) electrons. The van der Waals surface area contributed by atoms with Crippen molar-refractivity contribution in [1.82, 2.24) is 0 Å². The zero-order valence-corrected chi connectivity index (χ0v) is 9.11. The summed E-state index contributed by atoms with van der Waals surface area (Å²) in [5, 5.41) is 1.47. The van der Waals surface area contributed by atoms with Gasteiger partial charge in [0, 0.05) is 0 Å². The highest BCUT2D eigenvalue weighted by Crippen LogP contribution is 2.01. The molecule has 2 heteroatoms. The fourth-order valence-electron chi connectivity index (χ4n) is 0.289. The first-order valence-corrected chi connectivity index (χ1v) is 4.22. The van der Waals surface area contributed by atoms with Gasteiger partial charge in [-0.3, -0.25) is 0 Å². The number of hydrogen-bond acceptors (Lipinski definition) is 0. The Balaban J connectivity index is 0. The van der Waals surface area contributed by atoms with Crippen molar-refractivity contribution in [3.05, 3.63) is 0 Å². The minimum atomic E-state index is 0. The van der Waals surface area contributed by atoms with Crippen LogP contribution < -0.4 is 0 Å². The molecule has 7 heavy (non-hydrogen) atoms. The van der Waals surface area contributed by atoms with Gasteiger partial charge in [-0.15, -0.1) is 17.0 Å². The maximum Gasteiger partial charge on any atom is 0.212 e. The highest BCUT2D eigenvalue weighted by molar-refractivity contribution is 8.93. The van der Waals surface area contributed by atoms with Gasteiger partial charge in [-0.1, -0.05) is 31.5 Å². The predicted octanol–water partition coefficient (Wildman–Crippen LogP) is 1.66. The SMILES string of the molecule is Br.CCC(C)[CH2][AlH2]. The lowest BCUT2D eigenvalue weighted by molar-refractivity contribution is 0.625. The van der Waals surface area contributed by atoms with Crippen LogP contribution in [0, 0.1) is 5.92 Å². The molecule has 0 aliphatic carbocycles. The summed E-state index contributed by atoms with van der Waals surface area (Å²) in [7, 11) is 0. The first-order valence-electron chi connectivity index (χ1n) is 2.81. The van der Waals surface area contributed by atoms with Crippen LogP contribution in [0.25, 0.3) is 0 Å². The van der Waals surface area contributed by atoms with Crippen molar-refractivity contribution >= 4 is 33.3 Å². The van der Waals surface area contributed by atoms with Crippen molar-refractivity contribution in [2.24, 2.45) is 5.92 Å². The quantitative estimate of drug-likeness (QED) is 0.568. The molecule has 1 atom stereocenters. The molecule has 0 nitrogen and oxygen atoms in total. The lowest BCUT2D eigenvalue weighted by atomic mass is 10.2. The summed E-state index contributed by atoms with van der Waals surface area (Å²) in [6.45, 7) is 4.57. The molecule has 0 rings (SSSR count). The van der Waals surface area contributed by atoms with Gasteiger partial charge in [-0.05, 0) is 0 Å². The van der Waals surface area contributed by atoms with Crippen LogP contribution in [0.2, 0.25) is 5.28 Å². The molecular formula is C5H14AlBr. The summed E-state index contributed by atoms with van der Waals surface area (Å²) in [6, 6.07) is 0. The van der Waals surface area contributed by atoms with Crippen molar-refractivity contribution in [2.45, 2.75) is 25.6 Å². The summed E-state index contributed by atoms with van der Waals surface area (Å²) < 4.78 is 0. The minimum Gasteiger partial charge on any atom is -0.114 e. The topological polar surface area (TPSA) is 0 Å². The van der Waals surface area contributed by atoms with Gasteiger partial charge in [0.15, 0.2) is 0 Å². The normalized spacial score (nSPS) is 12.3. The van der Waals surface area contributed by atoms with Crippen LogP contribution in [0.1, 0.15) is 20.3 Å². The Hall–Kier alpha value is 1.01. The Labute approximate surface area is 64.9 Å². The fraction of sp³-hybridized carbons (Fsp3) is 1.00. The molecular weight excluding hydrogens is 167 g/mol. The van der Waals surface area contributed by atoms with E-state index in [-0.39, 0.29) is 17.0 Å². The van der Waals surface area contributed by atoms with E-state index in [1.54, 1.807) is 0 Å². The molecule has 0 saturated heterocycles. The molecule has 0 saturated carbocycles. The van der Waals surface area contributed by atoms with Gasteiger partial charge in [0.1, 0.15) is 0 Å². The molecule has 0 spiro atoms. The van der Waals surface area contributed by atoms with E-state index in [4.69, 9.17) is 0 Å². The smallest absolute Gasteiger partial charge is 0.114 e. The minimum absolute atomic E-state index is 0. The Kier molecular flexibility index (Phi) is 10.9. The zero-order chi connectivity index (χ0) is 4.99. The van der Waals surface area contributed by atoms with Gasteiger partial charge in [-0.25, -0.2) is 0 Å². The van der Waals surface area contributed by atoms with Gasteiger partial charge >= 0.3 is 0 Å². The van der Waals surface area contributed by atoms with Gasteiger partial charge < -0.3 is 0 Å². The van der Waals surface area contributed by atoms with E-state index in [1.807, 2.05) is 0 Å². The molecule has 0 heterocycles. The second kappa shape index (κ2) is 7.01. The first-order chi connectivity index (χ1) is 2.81. The lowest BCUT2D eigenvalue weighted by Crippen LogP contribution is -1.87. The van der Waals surface area contributed by atoms with Crippen LogP contribution >= 0.6 is 17.0 Å². The highest BCUT2D eigenvalue weighted by atomic mass is 79.9. The van der Waals surface area contributed by atoms with Gasteiger partial charge in [-0.2, -0.15) is 0 Å². The number of hydrogen-bond donors (Lipinski definition) is 0. The van der Waals surface area contributed by atoms with E-state index < -0.39 is 0 Å². The third-order valence-corrected chi connectivity index (χ3v) is 2.79. The highest BCUT2D eigenvalue weighted by Gasteiger charge is 1.88. The Morgan fingerprint density at radius 2 is 2.00 bits per heavy atom. The van der Waals surface area contributed by atoms with Gasteiger partial charge in [0.2, 0.25) is 16.3 Å². The second-order valence-electron chi connectivity index (χ2n) is 1.92. The number of rotatable bonds is 2. The molecule has 0 aromatic carbocycles. The molecule has 0 aliphatic heterocycles. The van der Waals surface area contributed by atoms with Crippen molar-refractivity contribution in [3.63, 3.8) is 0 Å². The summed E-state index contributed by atoms with van der Waals surface area (Å²) in [4.78, 5) is 0. The summed E-state index contributed by atoms with van der Waals surface area (Å²) in [5.41, 5.74) is 0. The van der Waals surface area contributed by atoms with Crippen molar-refractivity contribution in [3.8, 4) is 0 Å². The molecule has 0 bridgehead atoms. The van der Waals surface area contributed by atoms with E-state index in [9.17, 15) is 0 Å². The molecule has 0 aromatic heterocycles. The standard InChI is InChI=1S/C5H11.Al.BrH.2H/c1-4-5(2)3;;;;/h5H,2,4H2,1,3H3;;1H;;. The van der Waals surface area contributed by atoms with Crippen LogP contribution in [0.3, 0.4) is 0 Å². The Morgan fingerprint density at radius 3 is 2.00 bits per heavy atom. The van der Waals surface area contributed by atoms with E-state index >= 15 is 0 Å². The maximum absolute atomic E-state index is 2.31. The molecule has 1 unspecified atom stereocenters. The third-order valence-electron chi connectivity index (χ3n) is 1.39. The zero-order valence-electron chi connectivity index (χ0n) is 5.40. The molecule has 0 fully saturated rings. The molecule has 0 N–H and O–H groups in total. The summed E-state index contributed by atoms with van der Waals surface area (Å²) in [5.74, 6) is 0.997.